The largest absolute Gasteiger partial charge is 0.481 e. The molecule has 11 N–H and O–H groups in total. The number of carbonyl (C=O) groups is 5. The van der Waals surface area contributed by atoms with Crippen LogP contribution in [0.1, 0.15) is 32.1 Å². The second kappa shape index (κ2) is 13.8. The SMILES string of the molecule is NC(N)=NCCCC(NC(=O)C(CO)NC(=O)C(CC(=O)O)NC(=O)C1CCCN1)C(=O)O. The Hall–Kier alpha value is -3.46. The molecule has 4 unspecified atom stereocenters. The van der Waals surface area contributed by atoms with Gasteiger partial charge in [0.05, 0.1) is 19.1 Å². The number of aliphatic hydroxyl groups is 1. The third-order valence-electron chi connectivity index (χ3n) is 4.76. The lowest BCUT2D eigenvalue weighted by molar-refractivity contribution is -0.143. The Morgan fingerprint density at radius 3 is 2.15 bits per heavy atom. The van der Waals surface area contributed by atoms with E-state index in [0.717, 1.165) is 6.42 Å². The fourth-order valence-corrected chi connectivity index (χ4v) is 3.06. The van der Waals surface area contributed by atoms with Gasteiger partial charge < -0.3 is 48.1 Å². The Kier molecular flexibility index (Phi) is 11.6. The Morgan fingerprint density at radius 1 is 1.00 bits per heavy atom. The summed E-state index contributed by atoms with van der Waals surface area (Å²) in [5.74, 6) is -5.47. The lowest BCUT2D eigenvalue weighted by atomic mass is 10.1. The fraction of sp³-hybridized carbons (Fsp3) is 0.667. The summed E-state index contributed by atoms with van der Waals surface area (Å²) in [6.45, 7) is -0.151. The number of amides is 3. The van der Waals surface area contributed by atoms with Crippen molar-refractivity contribution in [2.24, 2.45) is 16.5 Å². The minimum atomic E-state index is -1.57. The molecule has 4 atom stereocenters. The van der Waals surface area contributed by atoms with E-state index in [1.807, 2.05) is 0 Å². The molecule has 0 aliphatic carbocycles. The summed E-state index contributed by atoms with van der Waals surface area (Å²) in [7, 11) is 0. The van der Waals surface area contributed by atoms with Crippen LogP contribution in [0.5, 0.6) is 0 Å². The number of carbonyl (C=O) groups excluding carboxylic acids is 3. The summed E-state index contributed by atoms with van der Waals surface area (Å²) in [5.41, 5.74) is 10.4. The molecule has 0 spiro atoms. The molecular formula is C18H31N7O8. The van der Waals surface area contributed by atoms with Crippen molar-refractivity contribution in [1.82, 2.24) is 21.3 Å². The number of carboxylic acid groups (broad SMARTS) is 2. The van der Waals surface area contributed by atoms with Gasteiger partial charge in [0, 0.05) is 6.54 Å². The molecule has 0 radical (unpaired) electrons. The van der Waals surface area contributed by atoms with E-state index in [2.05, 4.69) is 26.3 Å². The molecule has 1 aliphatic heterocycles. The van der Waals surface area contributed by atoms with Crippen molar-refractivity contribution in [3.8, 4) is 0 Å². The molecule has 33 heavy (non-hydrogen) atoms. The molecule has 1 rings (SSSR count). The van der Waals surface area contributed by atoms with Crippen LogP contribution in [0.3, 0.4) is 0 Å². The van der Waals surface area contributed by atoms with Gasteiger partial charge in [-0.25, -0.2) is 4.79 Å². The number of carboxylic acids is 2. The van der Waals surface area contributed by atoms with E-state index >= 15 is 0 Å². The van der Waals surface area contributed by atoms with Gasteiger partial charge in [-0.05, 0) is 32.2 Å². The Bertz CT molecular complexity index is 750. The molecule has 1 aliphatic rings. The third-order valence-corrected chi connectivity index (χ3v) is 4.76. The average molecular weight is 473 g/mol. The zero-order chi connectivity index (χ0) is 25.0. The highest BCUT2D eigenvalue weighted by Gasteiger charge is 2.32. The third kappa shape index (κ3) is 10.1. The van der Waals surface area contributed by atoms with Crippen LogP contribution in [0.2, 0.25) is 0 Å². The molecule has 0 aromatic carbocycles. The predicted octanol–water partition coefficient (Wildman–Crippen LogP) is -4.20. The highest BCUT2D eigenvalue weighted by Crippen LogP contribution is 2.06. The van der Waals surface area contributed by atoms with E-state index in [1.54, 1.807) is 0 Å². The van der Waals surface area contributed by atoms with Crippen molar-refractivity contribution in [2.75, 3.05) is 19.7 Å². The number of nitrogens with one attached hydrogen (secondary N) is 4. The number of hydrogen-bond donors (Lipinski definition) is 9. The Morgan fingerprint density at radius 2 is 1.64 bits per heavy atom. The summed E-state index contributed by atoms with van der Waals surface area (Å²) < 4.78 is 0. The first-order valence-corrected chi connectivity index (χ1v) is 10.3. The quantitative estimate of drug-likeness (QED) is 0.0663. The zero-order valence-electron chi connectivity index (χ0n) is 18.0. The van der Waals surface area contributed by atoms with Crippen molar-refractivity contribution in [3.63, 3.8) is 0 Å². The van der Waals surface area contributed by atoms with E-state index < -0.39 is 66.9 Å². The molecule has 15 heteroatoms. The average Bonchev–Trinajstić information content (AvgIpc) is 3.27. The highest BCUT2D eigenvalue weighted by atomic mass is 16.4. The van der Waals surface area contributed by atoms with E-state index in [1.165, 1.54) is 0 Å². The summed E-state index contributed by atoms with van der Waals surface area (Å²) in [5, 5.41) is 37.4. The van der Waals surface area contributed by atoms with Crippen LogP contribution in [0.25, 0.3) is 0 Å². The number of hydrogen-bond acceptors (Lipinski definition) is 8. The molecule has 0 aromatic heterocycles. The maximum Gasteiger partial charge on any atom is 0.326 e. The smallest absolute Gasteiger partial charge is 0.326 e. The van der Waals surface area contributed by atoms with Crippen LogP contribution in [-0.2, 0) is 24.0 Å². The highest BCUT2D eigenvalue weighted by molar-refractivity contribution is 5.95. The van der Waals surface area contributed by atoms with E-state index in [-0.39, 0.29) is 25.3 Å². The minimum absolute atomic E-state index is 0.0317. The maximum absolute atomic E-state index is 12.5. The zero-order valence-corrected chi connectivity index (χ0v) is 18.0. The molecular weight excluding hydrogens is 442 g/mol. The molecule has 15 nitrogen and oxygen atoms in total. The van der Waals surface area contributed by atoms with Crippen LogP contribution in [0, 0.1) is 0 Å². The number of rotatable bonds is 14. The molecule has 3 amide bonds. The fourth-order valence-electron chi connectivity index (χ4n) is 3.06. The molecule has 1 fully saturated rings. The number of aliphatic imine (C=N–C) groups is 1. The first kappa shape index (κ1) is 27.6. The summed E-state index contributed by atoms with van der Waals surface area (Å²) >= 11 is 0. The van der Waals surface area contributed by atoms with Gasteiger partial charge in [-0.1, -0.05) is 0 Å². The second-order valence-corrected chi connectivity index (χ2v) is 7.40. The molecule has 1 heterocycles. The number of aliphatic hydroxyl groups excluding tert-OH is 1. The minimum Gasteiger partial charge on any atom is -0.481 e. The molecule has 186 valence electrons. The number of nitrogens with zero attached hydrogens (tertiary/aromatic N) is 1. The van der Waals surface area contributed by atoms with Gasteiger partial charge in [0.25, 0.3) is 0 Å². The molecule has 1 saturated heterocycles. The first-order valence-electron chi connectivity index (χ1n) is 10.3. The van der Waals surface area contributed by atoms with Crippen molar-refractivity contribution in [1.29, 1.82) is 0 Å². The van der Waals surface area contributed by atoms with Gasteiger partial charge in [0.1, 0.15) is 18.1 Å². The van der Waals surface area contributed by atoms with E-state index in [9.17, 15) is 34.2 Å². The number of guanidine groups is 1. The van der Waals surface area contributed by atoms with Crippen molar-refractivity contribution >= 4 is 35.6 Å². The standard InChI is InChI=1S/C18H31N7O8/c19-18(20)22-6-2-4-10(17(32)33)23-16(31)12(8-26)25-15(30)11(7-13(27)28)24-14(29)9-3-1-5-21-9/h9-12,21,26H,1-8H2,(H,23,31)(H,24,29)(H,25,30)(H,27,28)(H,32,33)(H4,19,20,22). The van der Waals surface area contributed by atoms with Gasteiger partial charge >= 0.3 is 11.9 Å². The van der Waals surface area contributed by atoms with Gasteiger partial charge in [0.2, 0.25) is 17.7 Å². The predicted molar refractivity (Wildman–Crippen MR) is 114 cm³/mol. The number of aliphatic carboxylic acids is 2. The topological polar surface area (TPSA) is 259 Å². The summed E-state index contributed by atoms with van der Waals surface area (Å²) in [6.07, 6.45) is 0.710. The summed E-state index contributed by atoms with van der Waals surface area (Å²) in [4.78, 5) is 63.4. The van der Waals surface area contributed by atoms with Gasteiger partial charge in [-0.3, -0.25) is 24.2 Å². The van der Waals surface area contributed by atoms with Gasteiger partial charge in [-0.15, -0.1) is 0 Å². The van der Waals surface area contributed by atoms with Crippen LogP contribution >= 0.6 is 0 Å². The monoisotopic (exact) mass is 473 g/mol. The van der Waals surface area contributed by atoms with Crippen LogP contribution < -0.4 is 32.7 Å². The van der Waals surface area contributed by atoms with Crippen LogP contribution in [-0.4, -0.2) is 94.8 Å². The first-order chi connectivity index (χ1) is 15.5. The van der Waals surface area contributed by atoms with Crippen molar-refractivity contribution in [2.45, 2.75) is 56.3 Å². The van der Waals surface area contributed by atoms with Crippen LogP contribution in [0.15, 0.2) is 4.99 Å². The Balaban J connectivity index is 2.75. The van der Waals surface area contributed by atoms with Gasteiger partial charge in [-0.2, -0.15) is 0 Å². The lowest BCUT2D eigenvalue weighted by Gasteiger charge is -2.23. The molecule has 0 saturated carbocycles. The Labute approximate surface area is 189 Å². The molecule has 0 aromatic rings. The van der Waals surface area contributed by atoms with Crippen LogP contribution in [0.4, 0.5) is 0 Å². The molecule has 0 bridgehead atoms. The van der Waals surface area contributed by atoms with E-state index in [4.69, 9.17) is 16.6 Å². The normalized spacial score (nSPS) is 17.8. The maximum atomic E-state index is 12.5. The van der Waals surface area contributed by atoms with Crippen molar-refractivity contribution < 1.29 is 39.3 Å². The van der Waals surface area contributed by atoms with Gasteiger partial charge in [0.15, 0.2) is 5.96 Å². The summed E-state index contributed by atoms with van der Waals surface area (Å²) in [6, 6.07) is -4.99. The van der Waals surface area contributed by atoms with Crippen molar-refractivity contribution in [3.05, 3.63) is 0 Å². The second-order valence-electron chi connectivity index (χ2n) is 7.40. The van der Waals surface area contributed by atoms with E-state index in [0.29, 0.717) is 13.0 Å². The number of nitrogens with two attached hydrogens (primary N) is 2. The lowest BCUT2D eigenvalue weighted by Crippen LogP contribution is -2.58.